The van der Waals surface area contributed by atoms with Gasteiger partial charge in [-0.05, 0) is 38.0 Å². The number of aromatic nitrogens is 2. The van der Waals surface area contributed by atoms with Gasteiger partial charge in [-0.1, -0.05) is 19.1 Å². The highest BCUT2D eigenvalue weighted by atomic mass is 15.3. The summed E-state index contributed by atoms with van der Waals surface area (Å²) < 4.78 is 1.97. The lowest BCUT2D eigenvalue weighted by molar-refractivity contribution is 0.831. The molecule has 0 aliphatic rings. The van der Waals surface area contributed by atoms with Crippen molar-refractivity contribution in [3.63, 3.8) is 0 Å². The molecule has 1 aromatic carbocycles. The second kappa shape index (κ2) is 4.72. The van der Waals surface area contributed by atoms with Gasteiger partial charge in [0.1, 0.15) is 0 Å². The molecule has 0 saturated heterocycles. The number of rotatable bonds is 3. The number of hydrogen-bond acceptors (Lipinski definition) is 2. The zero-order valence-corrected chi connectivity index (χ0v) is 10.7. The minimum Gasteiger partial charge on any atom is -0.326 e. The molecule has 3 nitrogen and oxygen atoms in total. The fraction of sp³-hybridized carbons (Fsp3) is 0.357. The van der Waals surface area contributed by atoms with Crippen molar-refractivity contribution in [2.75, 3.05) is 0 Å². The number of nitrogens with two attached hydrogens (primary N) is 1. The minimum absolute atomic E-state index is 0.546. The fourth-order valence-electron chi connectivity index (χ4n) is 2.09. The van der Waals surface area contributed by atoms with E-state index in [1.165, 1.54) is 5.56 Å². The van der Waals surface area contributed by atoms with E-state index in [-0.39, 0.29) is 0 Å². The third-order valence-electron chi connectivity index (χ3n) is 3.23. The second-order valence-electron chi connectivity index (χ2n) is 4.29. The molecule has 2 rings (SSSR count). The predicted molar refractivity (Wildman–Crippen MR) is 70.3 cm³/mol. The molecular weight excluding hydrogens is 210 g/mol. The summed E-state index contributed by atoms with van der Waals surface area (Å²) in [7, 11) is 0. The van der Waals surface area contributed by atoms with Crippen molar-refractivity contribution < 1.29 is 0 Å². The summed E-state index contributed by atoms with van der Waals surface area (Å²) in [5.74, 6) is 0. The Morgan fingerprint density at radius 2 is 1.82 bits per heavy atom. The monoisotopic (exact) mass is 229 g/mol. The molecule has 0 unspecified atom stereocenters. The maximum Gasteiger partial charge on any atom is 0.0649 e. The molecule has 0 radical (unpaired) electrons. The van der Waals surface area contributed by atoms with Gasteiger partial charge in [-0.15, -0.1) is 0 Å². The summed E-state index contributed by atoms with van der Waals surface area (Å²) in [6, 6.07) is 8.51. The van der Waals surface area contributed by atoms with E-state index in [0.29, 0.717) is 6.54 Å². The first-order valence-corrected chi connectivity index (χ1v) is 6.01. The quantitative estimate of drug-likeness (QED) is 0.878. The Balaban J connectivity index is 2.45. The van der Waals surface area contributed by atoms with Crippen molar-refractivity contribution in [2.45, 2.75) is 33.7 Å². The molecule has 0 spiro atoms. The summed E-state index contributed by atoms with van der Waals surface area (Å²) in [6.07, 6.45) is 1.06. The van der Waals surface area contributed by atoms with Crippen LogP contribution in [0, 0.1) is 13.8 Å². The van der Waals surface area contributed by atoms with Crippen LogP contribution >= 0.6 is 0 Å². The Kier molecular flexibility index (Phi) is 3.29. The van der Waals surface area contributed by atoms with Crippen molar-refractivity contribution in [2.24, 2.45) is 5.73 Å². The van der Waals surface area contributed by atoms with Gasteiger partial charge in [0.2, 0.25) is 0 Å². The summed E-state index contributed by atoms with van der Waals surface area (Å²) in [5.41, 5.74) is 11.5. The van der Waals surface area contributed by atoms with Gasteiger partial charge in [-0.3, -0.25) is 0 Å². The Morgan fingerprint density at radius 1 is 1.18 bits per heavy atom. The summed E-state index contributed by atoms with van der Waals surface area (Å²) in [5, 5.41) is 4.54. The van der Waals surface area contributed by atoms with Crippen LogP contribution in [0.2, 0.25) is 0 Å². The molecular formula is C14H19N3. The normalized spacial score (nSPS) is 10.8. The highest BCUT2D eigenvalue weighted by Gasteiger charge is 2.10. The molecule has 0 aliphatic carbocycles. The lowest BCUT2D eigenvalue weighted by atomic mass is 10.1. The number of benzene rings is 1. The van der Waals surface area contributed by atoms with Crippen molar-refractivity contribution in [3.8, 4) is 5.69 Å². The van der Waals surface area contributed by atoms with Crippen LogP contribution in [0.1, 0.15) is 29.4 Å². The van der Waals surface area contributed by atoms with E-state index < -0.39 is 0 Å². The number of nitrogens with zero attached hydrogens (tertiary/aromatic N) is 2. The van der Waals surface area contributed by atoms with E-state index in [4.69, 9.17) is 5.73 Å². The Hall–Kier alpha value is -1.61. The molecule has 0 fully saturated rings. The molecule has 3 heteroatoms. The summed E-state index contributed by atoms with van der Waals surface area (Å²) >= 11 is 0. The maximum absolute atomic E-state index is 5.74. The molecule has 0 amide bonds. The van der Waals surface area contributed by atoms with E-state index >= 15 is 0 Å². The van der Waals surface area contributed by atoms with Crippen molar-refractivity contribution in [3.05, 3.63) is 46.8 Å². The van der Waals surface area contributed by atoms with Gasteiger partial charge in [-0.25, -0.2) is 4.68 Å². The molecule has 2 aromatic rings. The molecule has 0 atom stereocenters. The van der Waals surface area contributed by atoms with Crippen molar-refractivity contribution >= 4 is 0 Å². The molecule has 90 valence electrons. The number of aryl methyl sites for hydroxylation is 2. The molecule has 1 aromatic heterocycles. The third kappa shape index (κ3) is 2.11. The smallest absolute Gasteiger partial charge is 0.0649 e. The van der Waals surface area contributed by atoms with Crippen LogP contribution in [0.5, 0.6) is 0 Å². The van der Waals surface area contributed by atoms with E-state index in [1.54, 1.807) is 0 Å². The first-order chi connectivity index (χ1) is 8.17. The molecule has 0 aliphatic heterocycles. The van der Waals surface area contributed by atoms with Crippen LogP contribution in [0.25, 0.3) is 5.69 Å². The van der Waals surface area contributed by atoms with Crippen molar-refractivity contribution in [1.82, 2.24) is 9.78 Å². The second-order valence-corrected chi connectivity index (χ2v) is 4.29. The van der Waals surface area contributed by atoms with Crippen LogP contribution in [-0.2, 0) is 13.0 Å². The van der Waals surface area contributed by atoms with Gasteiger partial charge in [-0.2, -0.15) is 5.10 Å². The largest absolute Gasteiger partial charge is 0.326 e. The van der Waals surface area contributed by atoms with Gasteiger partial charge >= 0.3 is 0 Å². The molecule has 0 bridgehead atoms. The first-order valence-electron chi connectivity index (χ1n) is 6.01. The van der Waals surface area contributed by atoms with Crippen LogP contribution in [-0.4, -0.2) is 9.78 Å². The Morgan fingerprint density at radius 3 is 2.29 bits per heavy atom. The predicted octanol–water partition coefficient (Wildman–Crippen LogP) is 2.51. The highest BCUT2D eigenvalue weighted by molar-refractivity contribution is 5.38. The van der Waals surface area contributed by atoms with Gasteiger partial charge < -0.3 is 5.73 Å². The molecule has 2 N–H and O–H groups in total. The van der Waals surface area contributed by atoms with E-state index in [1.807, 2.05) is 11.6 Å². The van der Waals surface area contributed by atoms with Crippen LogP contribution in [0.3, 0.4) is 0 Å². The lowest BCUT2D eigenvalue weighted by Crippen LogP contribution is -2.02. The third-order valence-corrected chi connectivity index (χ3v) is 3.23. The van der Waals surface area contributed by atoms with E-state index in [9.17, 15) is 0 Å². The van der Waals surface area contributed by atoms with Crippen LogP contribution < -0.4 is 5.73 Å². The standard InChI is InChI=1S/C14H19N3/c1-4-12-5-7-13(8-6-12)17-11(3)14(9-15)10(2)16-17/h5-8H,4,9,15H2,1-3H3. The minimum atomic E-state index is 0.546. The average molecular weight is 229 g/mol. The highest BCUT2D eigenvalue weighted by Crippen LogP contribution is 2.17. The van der Waals surface area contributed by atoms with Gasteiger partial charge in [0.05, 0.1) is 11.4 Å². The first kappa shape index (κ1) is 11.9. The van der Waals surface area contributed by atoms with Gasteiger partial charge in [0, 0.05) is 17.8 Å². The Labute approximate surface area is 102 Å². The average Bonchev–Trinajstić information content (AvgIpc) is 2.64. The zero-order chi connectivity index (χ0) is 12.4. The molecule has 1 heterocycles. The fourth-order valence-corrected chi connectivity index (χ4v) is 2.09. The van der Waals surface area contributed by atoms with Gasteiger partial charge in [0.15, 0.2) is 0 Å². The molecule has 17 heavy (non-hydrogen) atoms. The maximum atomic E-state index is 5.74. The SMILES string of the molecule is CCc1ccc(-n2nc(C)c(CN)c2C)cc1. The molecule has 0 saturated carbocycles. The summed E-state index contributed by atoms with van der Waals surface area (Å²) in [4.78, 5) is 0. The zero-order valence-electron chi connectivity index (χ0n) is 10.7. The van der Waals surface area contributed by atoms with Crippen LogP contribution in [0.4, 0.5) is 0 Å². The van der Waals surface area contributed by atoms with Gasteiger partial charge in [0.25, 0.3) is 0 Å². The topological polar surface area (TPSA) is 43.8 Å². The van der Waals surface area contributed by atoms with E-state index in [0.717, 1.165) is 29.1 Å². The Bertz CT molecular complexity index is 509. The van der Waals surface area contributed by atoms with Crippen molar-refractivity contribution in [1.29, 1.82) is 0 Å². The summed E-state index contributed by atoms with van der Waals surface area (Å²) in [6.45, 7) is 6.78. The number of hydrogen-bond donors (Lipinski definition) is 1. The van der Waals surface area contributed by atoms with Crippen LogP contribution in [0.15, 0.2) is 24.3 Å². The lowest BCUT2D eigenvalue weighted by Gasteiger charge is -2.05. The van der Waals surface area contributed by atoms with E-state index in [2.05, 4.69) is 43.2 Å².